The Morgan fingerprint density at radius 3 is 2.18 bits per heavy atom. The van der Waals surface area contributed by atoms with Gasteiger partial charge in [-0.2, -0.15) is 0 Å². The summed E-state index contributed by atoms with van der Waals surface area (Å²) < 4.78 is 0. The van der Waals surface area contributed by atoms with Gasteiger partial charge >= 0.3 is 0 Å². The van der Waals surface area contributed by atoms with Crippen molar-refractivity contribution in [2.45, 2.75) is 12.1 Å². The molecule has 2 heterocycles. The van der Waals surface area contributed by atoms with E-state index in [1.165, 1.54) is 23.3 Å². The minimum atomic E-state index is -1.06. The lowest BCUT2D eigenvalue weighted by Crippen LogP contribution is -2.37. The molecule has 2 saturated heterocycles. The summed E-state index contributed by atoms with van der Waals surface area (Å²) in [5.74, 6) is -1.81. The van der Waals surface area contributed by atoms with E-state index in [0.29, 0.717) is 27.0 Å². The van der Waals surface area contributed by atoms with Gasteiger partial charge in [-0.1, -0.05) is 41.4 Å². The van der Waals surface area contributed by atoms with Crippen molar-refractivity contribution in [1.29, 1.82) is 0 Å². The lowest BCUT2D eigenvalue weighted by molar-refractivity contribution is -0.384. The Hall–Kier alpha value is -3.46. The normalized spacial score (nSPS) is 22.1. The third-order valence-corrected chi connectivity index (χ3v) is 6.20. The van der Waals surface area contributed by atoms with Crippen molar-refractivity contribution in [1.82, 2.24) is 0 Å². The quantitative estimate of drug-likeness (QED) is 0.296. The summed E-state index contributed by atoms with van der Waals surface area (Å²) in [6, 6.07) is 18.4. The summed E-state index contributed by atoms with van der Waals surface area (Å²) >= 11 is 12.1. The molecule has 0 spiro atoms. The Morgan fingerprint density at radius 1 is 0.848 bits per heavy atom. The third-order valence-electron chi connectivity index (χ3n) is 5.71. The van der Waals surface area contributed by atoms with Gasteiger partial charge in [-0.15, -0.1) is 0 Å². The Kier molecular flexibility index (Phi) is 5.28. The van der Waals surface area contributed by atoms with E-state index in [2.05, 4.69) is 0 Å². The molecule has 166 valence electrons. The SMILES string of the molecule is O=C1C2ON(c3ccc(Cl)cc3)C(c3ccc([N+](=O)[O-])cc3)C2C(=O)N1c1cccc(Cl)c1. The molecule has 0 bridgehead atoms. The van der Waals surface area contributed by atoms with Gasteiger partial charge in [0.25, 0.3) is 11.6 Å². The zero-order valence-electron chi connectivity index (χ0n) is 16.8. The van der Waals surface area contributed by atoms with Crippen LogP contribution in [0.25, 0.3) is 0 Å². The van der Waals surface area contributed by atoms with Crippen LogP contribution < -0.4 is 9.96 Å². The molecular weight excluding hydrogens is 469 g/mol. The minimum Gasteiger partial charge on any atom is -0.273 e. The maximum atomic E-state index is 13.5. The van der Waals surface area contributed by atoms with Gasteiger partial charge in [0.1, 0.15) is 5.92 Å². The summed E-state index contributed by atoms with van der Waals surface area (Å²) in [5.41, 5.74) is 1.46. The van der Waals surface area contributed by atoms with Gasteiger partial charge in [0.05, 0.1) is 22.3 Å². The van der Waals surface area contributed by atoms with Crippen molar-refractivity contribution in [3.63, 3.8) is 0 Å². The fourth-order valence-electron chi connectivity index (χ4n) is 4.23. The number of amides is 2. The van der Waals surface area contributed by atoms with Gasteiger partial charge in [-0.3, -0.25) is 24.5 Å². The number of rotatable bonds is 4. The van der Waals surface area contributed by atoms with E-state index >= 15 is 0 Å². The van der Waals surface area contributed by atoms with Crippen LogP contribution in [0.15, 0.2) is 72.8 Å². The second kappa shape index (κ2) is 8.15. The number of carbonyl (C=O) groups is 2. The van der Waals surface area contributed by atoms with Crippen molar-refractivity contribution in [2.75, 3.05) is 9.96 Å². The Bertz CT molecular complexity index is 1270. The number of nitro groups is 1. The smallest absolute Gasteiger partial charge is 0.269 e. The average molecular weight is 484 g/mol. The maximum Gasteiger partial charge on any atom is 0.269 e. The number of benzene rings is 3. The standard InChI is InChI=1S/C23H15Cl2N3O5/c24-14-6-10-16(11-7-14)27-20(13-4-8-17(9-5-13)28(31)32)19-21(33-27)23(30)26(22(19)29)18-3-1-2-15(25)12-18/h1-12,19-21H. The number of imide groups is 1. The molecule has 3 aromatic rings. The zero-order valence-corrected chi connectivity index (χ0v) is 18.3. The molecule has 3 atom stereocenters. The van der Waals surface area contributed by atoms with Gasteiger partial charge in [0.2, 0.25) is 5.91 Å². The topological polar surface area (TPSA) is 93.0 Å². The average Bonchev–Trinajstić information content (AvgIpc) is 3.30. The second-order valence-corrected chi connectivity index (χ2v) is 8.51. The summed E-state index contributed by atoms with van der Waals surface area (Å²) in [7, 11) is 0. The molecule has 2 amide bonds. The first-order valence-corrected chi connectivity index (χ1v) is 10.7. The fraction of sp³-hybridized carbons (Fsp3) is 0.130. The number of carbonyl (C=O) groups excluding carboxylic acids is 2. The first kappa shape index (κ1) is 21.4. The molecule has 0 saturated carbocycles. The lowest BCUT2D eigenvalue weighted by atomic mass is 9.90. The minimum absolute atomic E-state index is 0.0818. The molecule has 2 aliphatic rings. The van der Waals surface area contributed by atoms with Gasteiger partial charge in [-0.05, 0) is 48.0 Å². The molecule has 33 heavy (non-hydrogen) atoms. The molecule has 3 aromatic carbocycles. The number of anilines is 2. The van der Waals surface area contributed by atoms with Crippen LogP contribution in [0.4, 0.5) is 17.1 Å². The van der Waals surface area contributed by atoms with E-state index in [-0.39, 0.29) is 5.69 Å². The molecule has 0 radical (unpaired) electrons. The maximum absolute atomic E-state index is 13.5. The Morgan fingerprint density at radius 2 is 1.55 bits per heavy atom. The van der Waals surface area contributed by atoms with Crippen molar-refractivity contribution in [2.24, 2.45) is 5.92 Å². The molecule has 10 heteroatoms. The van der Waals surface area contributed by atoms with Crippen molar-refractivity contribution >= 4 is 52.1 Å². The summed E-state index contributed by atoms with van der Waals surface area (Å²) in [5, 5.41) is 13.5. The highest BCUT2D eigenvalue weighted by Gasteiger charge is 2.60. The lowest BCUT2D eigenvalue weighted by Gasteiger charge is -2.28. The van der Waals surface area contributed by atoms with E-state index in [4.69, 9.17) is 28.0 Å². The van der Waals surface area contributed by atoms with Crippen LogP contribution in [0.1, 0.15) is 11.6 Å². The highest BCUT2D eigenvalue weighted by molar-refractivity contribution is 6.31. The molecule has 0 aromatic heterocycles. The number of fused-ring (bicyclic) bond motifs is 1. The van der Waals surface area contributed by atoms with E-state index in [1.54, 1.807) is 54.6 Å². The van der Waals surface area contributed by atoms with Crippen LogP contribution in [-0.4, -0.2) is 22.8 Å². The second-order valence-electron chi connectivity index (χ2n) is 7.64. The Labute approximate surface area is 198 Å². The van der Waals surface area contributed by atoms with Gasteiger partial charge in [0.15, 0.2) is 6.10 Å². The molecule has 2 fully saturated rings. The van der Waals surface area contributed by atoms with Crippen LogP contribution in [-0.2, 0) is 14.4 Å². The summed E-state index contributed by atoms with van der Waals surface area (Å²) in [4.78, 5) is 44.5. The molecule has 8 nitrogen and oxygen atoms in total. The van der Waals surface area contributed by atoms with Gasteiger partial charge < -0.3 is 0 Å². The van der Waals surface area contributed by atoms with Crippen molar-refractivity contribution < 1.29 is 19.3 Å². The van der Waals surface area contributed by atoms with Gasteiger partial charge in [0, 0.05) is 22.2 Å². The first-order chi connectivity index (χ1) is 15.8. The Balaban J connectivity index is 1.58. The van der Waals surface area contributed by atoms with Crippen LogP contribution in [0.3, 0.4) is 0 Å². The summed E-state index contributed by atoms with van der Waals surface area (Å²) in [6.07, 6.45) is -1.06. The van der Waals surface area contributed by atoms with E-state index in [1.807, 2.05) is 0 Å². The largest absolute Gasteiger partial charge is 0.273 e. The van der Waals surface area contributed by atoms with Crippen LogP contribution >= 0.6 is 23.2 Å². The summed E-state index contributed by atoms with van der Waals surface area (Å²) in [6.45, 7) is 0. The number of halogens is 2. The highest BCUT2D eigenvalue weighted by atomic mass is 35.5. The molecule has 2 aliphatic heterocycles. The van der Waals surface area contributed by atoms with E-state index in [0.717, 1.165) is 4.90 Å². The molecule has 0 N–H and O–H groups in total. The number of hydroxylamine groups is 1. The molecule has 5 rings (SSSR count). The monoisotopic (exact) mass is 483 g/mol. The fourth-order valence-corrected chi connectivity index (χ4v) is 4.54. The third kappa shape index (κ3) is 3.62. The number of hydrogen-bond acceptors (Lipinski definition) is 6. The van der Waals surface area contributed by atoms with Crippen molar-refractivity contribution in [3.05, 3.63) is 98.5 Å². The molecule has 3 unspecified atom stereocenters. The van der Waals surface area contributed by atoms with Crippen LogP contribution in [0.5, 0.6) is 0 Å². The first-order valence-electron chi connectivity index (χ1n) is 9.94. The predicted octanol–water partition coefficient (Wildman–Crippen LogP) is 4.95. The van der Waals surface area contributed by atoms with Crippen LogP contribution in [0.2, 0.25) is 10.0 Å². The number of hydrogen-bond donors (Lipinski definition) is 0. The van der Waals surface area contributed by atoms with Crippen LogP contribution in [0, 0.1) is 16.0 Å². The highest BCUT2D eigenvalue weighted by Crippen LogP contribution is 2.48. The predicted molar refractivity (Wildman–Crippen MR) is 122 cm³/mol. The number of nitrogens with zero attached hydrogens (tertiary/aromatic N) is 3. The van der Waals surface area contributed by atoms with E-state index in [9.17, 15) is 19.7 Å². The van der Waals surface area contributed by atoms with Gasteiger partial charge in [-0.25, -0.2) is 9.96 Å². The molecule has 0 aliphatic carbocycles. The van der Waals surface area contributed by atoms with E-state index < -0.39 is 34.8 Å². The number of non-ortho nitro benzene ring substituents is 1. The zero-order chi connectivity index (χ0) is 23.3. The number of nitro benzene ring substituents is 1. The molecular formula is C23H15Cl2N3O5. The van der Waals surface area contributed by atoms with Crippen molar-refractivity contribution in [3.8, 4) is 0 Å².